The molecule has 0 spiro atoms. The van der Waals surface area contributed by atoms with E-state index in [9.17, 15) is 9.59 Å². The number of pyridine rings is 2. The van der Waals surface area contributed by atoms with Crippen LogP contribution in [-0.2, 0) is 17.8 Å². The highest BCUT2D eigenvalue weighted by atomic mass is 19.1. The Balaban J connectivity index is 1.55. The first-order valence-corrected chi connectivity index (χ1v) is 15.0. The number of para-hydroxylation sites is 1. The summed E-state index contributed by atoms with van der Waals surface area (Å²) in [5.41, 5.74) is 3.69. The molecule has 1 saturated heterocycles. The maximum Gasteiger partial charge on any atom is 0.355 e. The van der Waals surface area contributed by atoms with Crippen molar-refractivity contribution in [2.45, 2.75) is 52.1 Å². The van der Waals surface area contributed by atoms with E-state index in [1.165, 1.54) is 16.7 Å². The highest BCUT2D eigenvalue weighted by molar-refractivity contribution is 5.96. The summed E-state index contributed by atoms with van der Waals surface area (Å²) >= 11 is 0. The van der Waals surface area contributed by atoms with Crippen LogP contribution in [-0.4, -0.2) is 65.8 Å². The number of rotatable bonds is 3. The maximum absolute atomic E-state index is 16.4. The van der Waals surface area contributed by atoms with Crippen LogP contribution in [0.3, 0.4) is 0 Å². The van der Waals surface area contributed by atoms with Gasteiger partial charge >= 0.3 is 5.69 Å². The molecular weight excluding hydrogens is 559 g/mol. The first-order valence-electron chi connectivity index (χ1n) is 15.0. The summed E-state index contributed by atoms with van der Waals surface area (Å²) in [6.45, 7) is 11.5. The summed E-state index contributed by atoms with van der Waals surface area (Å²) < 4.78 is 19.8. The van der Waals surface area contributed by atoms with Gasteiger partial charge in [-0.25, -0.2) is 18.7 Å². The normalized spacial score (nSPS) is 16.7. The van der Waals surface area contributed by atoms with E-state index in [1.54, 1.807) is 17.3 Å². The second-order valence-corrected chi connectivity index (χ2v) is 11.8. The zero-order chi connectivity index (χ0) is 30.7. The third kappa shape index (κ3) is 4.37. The first kappa shape index (κ1) is 27.9. The van der Waals surface area contributed by atoms with Crippen molar-refractivity contribution < 1.29 is 9.18 Å². The minimum atomic E-state index is -0.522. The van der Waals surface area contributed by atoms with Crippen molar-refractivity contribution in [3.63, 3.8) is 0 Å². The number of amides is 1. The van der Waals surface area contributed by atoms with Gasteiger partial charge in [-0.2, -0.15) is 10.1 Å². The van der Waals surface area contributed by atoms with Gasteiger partial charge in [0, 0.05) is 49.4 Å². The smallest absolute Gasteiger partial charge is 0.350 e. The minimum Gasteiger partial charge on any atom is -0.350 e. The summed E-state index contributed by atoms with van der Waals surface area (Å²) in [7, 11) is 0. The second kappa shape index (κ2) is 10.7. The van der Waals surface area contributed by atoms with Crippen molar-refractivity contribution in [1.29, 1.82) is 0 Å². The molecule has 1 amide bonds. The number of halogens is 1. The van der Waals surface area contributed by atoms with Gasteiger partial charge in [0.2, 0.25) is 5.91 Å². The molecule has 0 aliphatic carbocycles. The highest BCUT2D eigenvalue weighted by Crippen LogP contribution is 2.36. The van der Waals surface area contributed by atoms with E-state index in [0.29, 0.717) is 60.7 Å². The van der Waals surface area contributed by atoms with E-state index in [4.69, 9.17) is 9.97 Å². The van der Waals surface area contributed by atoms with Crippen LogP contribution in [0.25, 0.3) is 38.9 Å². The molecule has 2 aliphatic rings. The molecule has 10 nitrogen and oxygen atoms in total. The van der Waals surface area contributed by atoms with Gasteiger partial charge in [-0.3, -0.25) is 14.5 Å². The number of fused-ring (bicyclic) bond motifs is 4. The third-order valence-corrected chi connectivity index (χ3v) is 8.73. The van der Waals surface area contributed by atoms with Crippen LogP contribution in [0.15, 0.2) is 60.2 Å². The lowest BCUT2D eigenvalue weighted by molar-refractivity contribution is -0.126. The summed E-state index contributed by atoms with van der Waals surface area (Å²) in [6, 6.07) is 8.87. The molecule has 224 valence electrons. The molecule has 5 aromatic rings. The van der Waals surface area contributed by atoms with Crippen LogP contribution in [0.2, 0.25) is 0 Å². The molecule has 4 aromatic heterocycles. The average molecular weight is 593 g/mol. The summed E-state index contributed by atoms with van der Waals surface area (Å²) in [5, 5.41) is 5.94. The number of nitrogens with zero attached hydrogens (tertiary/aromatic N) is 8. The lowest BCUT2D eigenvalue weighted by Gasteiger charge is -2.40. The molecule has 7 rings (SSSR count). The lowest BCUT2D eigenvalue weighted by Crippen LogP contribution is -2.54. The van der Waals surface area contributed by atoms with Gasteiger partial charge in [-0.1, -0.05) is 38.6 Å². The van der Waals surface area contributed by atoms with Gasteiger partial charge in [-0.05, 0) is 49.5 Å². The van der Waals surface area contributed by atoms with E-state index >= 15 is 4.39 Å². The number of anilines is 1. The monoisotopic (exact) mass is 592 g/mol. The molecule has 44 heavy (non-hydrogen) atoms. The number of carbonyl (C=O) groups excluding carboxylic acids is 1. The molecule has 0 radical (unpaired) electrons. The van der Waals surface area contributed by atoms with E-state index < -0.39 is 11.5 Å². The van der Waals surface area contributed by atoms with Gasteiger partial charge in [0.1, 0.15) is 17.3 Å². The van der Waals surface area contributed by atoms with Crippen molar-refractivity contribution in [1.82, 2.24) is 34.2 Å². The molecule has 1 aromatic carbocycles. The zero-order valence-electron chi connectivity index (χ0n) is 25.0. The van der Waals surface area contributed by atoms with Crippen molar-refractivity contribution in [2.24, 2.45) is 0 Å². The topological polar surface area (TPSA) is 102 Å². The Bertz CT molecular complexity index is 2030. The number of aryl methyl sites for hydroxylation is 2. The Morgan fingerprint density at radius 3 is 2.77 bits per heavy atom. The average Bonchev–Trinajstić information content (AvgIpc) is 3.43. The second-order valence-electron chi connectivity index (χ2n) is 11.8. The Morgan fingerprint density at radius 2 is 2.00 bits per heavy atom. The fourth-order valence-electron chi connectivity index (χ4n) is 6.63. The molecule has 2 aliphatic heterocycles. The number of piperazine rings is 1. The molecule has 1 atom stereocenters. The molecule has 1 fully saturated rings. The first-order chi connectivity index (χ1) is 21.3. The van der Waals surface area contributed by atoms with Gasteiger partial charge in [0.05, 0.1) is 28.5 Å². The highest BCUT2D eigenvalue weighted by Gasteiger charge is 2.31. The Hall–Kier alpha value is -4.93. The predicted octanol–water partition coefficient (Wildman–Crippen LogP) is 4.62. The third-order valence-electron chi connectivity index (χ3n) is 8.73. The van der Waals surface area contributed by atoms with Gasteiger partial charge in [0.15, 0.2) is 5.65 Å². The fraction of sp³-hybridized carbons (Fsp3) is 0.333. The molecule has 0 saturated carbocycles. The van der Waals surface area contributed by atoms with E-state index in [1.807, 2.05) is 54.6 Å². The SMILES string of the molecule is C=CC(=O)N1CCN(c2nc(=O)n3c4nc(c(F)cc24)-c2cccc4cnn(c24)CCCc2ccnc(C(C)C)c2-3)[C@@H](C)C1. The zero-order valence-corrected chi connectivity index (χ0v) is 25.0. The predicted molar refractivity (Wildman–Crippen MR) is 168 cm³/mol. The molecule has 6 heterocycles. The minimum absolute atomic E-state index is 0.00126. The van der Waals surface area contributed by atoms with E-state index in [-0.39, 0.29) is 23.6 Å². The number of aromatic nitrogens is 6. The summed E-state index contributed by atoms with van der Waals surface area (Å²) in [4.78, 5) is 44.5. The number of hydrogen-bond acceptors (Lipinski definition) is 7. The van der Waals surface area contributed by atoms with Crippen molar-refractivity contribution in [3.8, 4) is 16.9 Å². The van der Waals surface area contributed by atoms with Crippen LogP contribution in [0.1, 0.15) is 44.4 Å². The molecule has 0 N–H and O–H groups in total. The summed E-state index contributed by atoms with van der Waals surface area (Å²) in [5.74, 6) is -0.320. The standard InChI is InChI=1S/C33H33FN8O2/c1-5-26(43)39-14-15-40(20(4)18-39)31-24-16-25(34)28-23-10-6-8-22-17-36-41(29(22)23)13-7-9-21-11-12-35-27(19(2)3)30(21)42(32(24)37-28)33(44)38-31/h5-6,8,10-12,16-17,19-20H,1,7,9,13-15,18H2,2-4H3/t20-/m0/s1. The van der Waals surface area contributed by atoms with Gasteiger partial charge in [0.25, 0.3) is 0 Å². The molecule has 2 bridgehead atoms. The van der Waals surface area contributed by atoms with Crippen molar-refractivity contribution in [3.05, 3.63) is 82.9 Å². The van der Waals surface area contributed by atoms with Crippen LogP contribution in [0, 0.1) is 5.82 Å². The van der Waals surface area contributed by atoms with E-state index in [2.05, 4.69) is 16.7 Å². The number of hydrogen-bond donors (Lipinski definition) is 0. The molecular formula is C33H33FN8O2. The Morgan fingerprint density at radius 1 is 1.16 bits per heavy atom. The molecule has 11 heteroatoms. The van der Waals surface area contributed by atoms with Crippen LogP contribution >= 0.6 is 0 Å². The molecule has 0 unspecified atom stereocenters. The van der Waals surface area contributed by atoms with Gasteiger partial charge in [-0.15, -0.1) is 0 Å². The summed E-state index contributed by atoms with van der Waals surface area (Å²) in [6.07, 6.45) is 6.29. The number of benzene rings is 1. The Kier molecular flexibility index (Phi) is 6.75. The van der Waals surface area contributed by atoms with Crippen molar-refractivity contribution >= 4 is 33.7 Å². The number of carbonyl (C=O) groups is 1. The largest absolute Gasteiger partial charge is 0.355 e. The van der Waals surface area contributed by atoms with Crippen LogP contribution in [0.5, 0.6) is 0 Å². The Labute approximate surface area is 253 Å². The van der Waals surface area contributed by atoms with Crippen molar-refractivity contribution in [2.75, 3.05) is 24.5 Å². The van der Waals surface area contributed by atoms with Crippen LogP contribution < -0.4 is 10.6 Å². The fourth-order valence-corrected chi connectivity index (χ4v) is 6.63. The maximum atomic E-state index is 16.4. The van der Waals surface area contributed by atoms with Gasteiger partial charge < -0.3 is 9.80 Å². The van der Waals surface area contributed by atoms with E-state index in [0.717, 1.165) is 28.6 Å². The van der Waals surface area contributed by atoms with Crippen LogP contribution in [0.4, 0.5) is 10.2 Å². The quantitative estimate of drug-likeness (QED) is 0.282. The lowest BCUT2D eigenvalue weighted by atomic mass is 10.00.